The highest BCUT2D eigenvalue weighted by Crippen LogP contribution is 2.15. The Labute approximate surface area is 136 Å². The molecule has 0 radical (unpaired) electrons. The SMILES string of the molecule is Nc1nc(SCC(=O)N2CCN(C(=O)c3ccco3)CC2)n[nH]1. The first-order chi connectivity index (χ1) is 11.1. The van der Waals surface area contributed by atoms with Gasteiger partial charge in [-0.25, -0.2) is 5.10 Å². The number of furan rings is 1. The first-order valence-corrected chi connectivity index (χ1v) is 8.03. The van der Waals surface area contributed by atoms with Crippen LogP contribution in [0.15, 0.2) is 28.0 Å². The van der Waals surface area contributed by atoms with Crippen LogP contribution >= 0.6 is 11.8 Å². The predicted octanol–water partition coefficient (Wildman–Crippen LogP) is 0.0566. The molecule has 0 unspecified atom stereocenters. The molecule has 10 heteroatoms. The molecule has 2 aromatic heterocycles. The van der Waals surface area contributed by atoms with Gasteiger partial charge in [0.05, 0.1) is 12.0 Å². The van der Waals surface area contributed by atoms with Crippen LogP contribution in [0.3, 0.4) is 0 Å². The third kappa shape index (κ3) is 3.65. The van der Waals surface area contributed by atoms with Gasteiger partial charge in [0.2, 0.25) is 17.0 Å². The van der Waals surface area contributed by atoms with E-state index in [9.17, 15) is 9.59 Å². The Morgan fingerprint density at radius 2 is 2.04 bits per heavy atom. The number of aromatic amines is 1. The van der Waals surface area contributed by atoms with Crippen LogP contribution < -0.4 is 5.73 Å². The topological polar surface area (TPSA) is 121 Å². The summed E-state index contributed by atoms with van der Waals surface area (Å²) in [4.78, 5) is 31.7. The summed E-state index contributed by atoms with van der Waals surface area (Å²) < 4.78 is 5.11. The van der Waals surface area contributed by atoms with Gasteiger partial charge in [0.15, 0.2) is 5.76 Å². The van der Waals surface area contributed by atoms with Crippen LogP contribution in [0.4, 0.5) is 5.95 Å². The van der Waals surface area contributed by atoms with Gasteiger partial charge in [-0.2, -0.15) is 4.98 Å². The number of aromatic nitrogens is 3. The maximum Gasteiger partial charge on any atom is 0.289 e. The van der Waals surface area contributed by atoms with Gasteiger partial charge in [-0.15, -0.1) is 5.10 Å². The van der Waals surface area contributed by atoms with Gasteiger partial charge in [-0.3, -0.25) is 9.59 Å². The Balaban J connectivity index is 1.46. The maximum absolute atomic E-state index is 12.2. The Hall–Kier alpha value is -2.49. The fourth-order valence-corrected chi connectivity index (χ4v) is 2.96. The van der Waals surface area contributed by atoms with Crippen molar-refractivity contribution in [2.45, 2.75) is 5.16 Å². The summed E-state index contributed by atoms with van der Waals surface area (Å²) in [6.45, 7) is 1.98. The van der Waals surface area contributed by atoms with Gasteiger partial charge >= 0.3 is 0 Å². The van der Waals surface area contributed by atoms with E-state index in [1.165, 1.54) is 18.0 Å². The zero-order chi connectivity index (χ0) is 16.2. The molecule has 3 heterocycles. The molecule has 3 rings (SSSR count). The molecule has 9 nitrogen and oxygen atoms in total. The van der Waals surface area contributed by atoms with Crippen LogP contribution in [-0.2, 0) is 4.79 Å². The highest BCUT2D eigenvalue weighted by atomic mass is 32.2. The van der Waals surface area contributed by atoms with E-state index in [0.717, 1.165) is 0 Å². The molecule has 1 fully saturated rings. The number of carbonyl (C=O) groups is 2. The molecule has 0 saturated carbocycles. The van der Waals surface area contributed by atoms with E-state index in [1.54, 1.807) is 21.9 Å². The van der Waals surface area contributed by atoms with Crippen LogP contribution in [0.25, 0.3) is 0 Å². The van der Waals surface area contributed by atoms with Crippen LogP contribution in [-0.4, -0.2) is 68.7 Å². The second-order valence-corrected chi connectivity index (χ2v) is 5.88. The summed E-state index contributed by atoms with van der Waals surface area (Å²) in [5.74, 6) is 0.632. The van der Waals surface area contributed by atoms with Crippen molar-refractivity contribution in [3.63, 3.8) is 0 Å². The van der Waals surface area contributed by atoms with E-state index < -0.39 is 0 Å². The zero-order valence-electron chi connectivity index (χ0n) is 12.3. The van der Waals surface area contributed by atoms with Crippen molar-refractivity contribution >= 4 is 29.5 Å². The lowest BCUT2D eigenvalue weighted by atomic mass is 10.3. The third-order valence-corrected chi connectivity index (χ3v) is 4.29. The second-order valence-electron chi connectivity index (χ2n) is 4.94. The van der Waals surface area contributed by atoms with Crippen molar-refractivity contribution in [1.82, 2.24) is 25.0 Å². The lowest BCUT2D eigenvalue weighted by Gasteiger charge is -2.34. The minimum absolute atomic E-state index is 0.0107. The van der Waals surface area contributed by atoms with Gasteiger partial charge < -0.3 is 20.0 Å². The summed E-state index contributed by atoms with van der Waals surface area (Å²) >= 11 is 1.23. The molecule has 1 aliphatic rings. The maximum atomic E-state index is 12.2. The fraction of sp³-hybridized carbons (Fsp3) is 0.385. The Morgan fingerprint density at radius 1 is 1.30 bits per heavy atom. The number of carbonyl (C=O) groups excluding carboxylic acids is 2. The molecular weight excluding hydrogens is 320 g/mol. The molecule has 0 bridgehead atoms. The first kappa shape index (κ1) is 15.4. The zero-order valence-corrected chi connectivity index (χ0v) is 13.1. The molecule has 2 aromatic rings. The first-order valence-electron chi connectivity index (χ1n) is 7.04. The minimum atomic E-state index is -0.146. The molecule has 1 aliphatic heterocycles. The van der Waals surface area contributed by atoms with Crippen molar-refractivity contribution in [3.8, 4) is 0 Å². The molecule has 0 spiro atoms. The molecule has 0 atom stereocenters. The molecule has 0 aromatic carbocycles. The molecule has 2 amide bonds. The van der Waals surface area contributed by atoms with Crippen molar-refractivity contribution in [1.29, 1.82) is 0 Å². The number of nitrogens with two attached hydrogens (primary N) is 1. The predicted molar refractivity (Wildman–Crippen MR) is 82.7 cm³/mol. The van der Waals surface area contributed by atoms with Crippen LogP contribution in [0.1, 0.15) is 10.6 Å². The number of hydrogen-bond acceptors (Lipinski definition) is 7. The van der Waals surface area contributed by atoms with E-state index in [2.05, 4.69) is 15.2 Å². The fourth-order valence-electron chi connectivity index (χ4n) is 2.26. The average Bonchev–Trinajstić information content (AvgIpc) is 3.24. The number of anilines is 1. The number of nitrogens with one attached hydrogen (secondary N) is 1. The van der Waals surface area contributed by atoms with E-state index >= 15 is 0 Å². The molecule has 1 saturated heterocycles. The summed E-state index contributed by atoms with van der Waals surface area (Å²) in [5, 5.41) is 6.83. The highest BCUT2D eigenvalue weighted by Gasteiger charge is 2.26. The number of nitrogens with zero attached hydrogens (tertiary/aromatic N) is 4. The number of hydrogen-bond donors (Lipinski definition) is 2. The summed E-state index contributed by atoms with van der Waals surface area (Å²) in [6, 6.07) is 3.32. The van der Waals surface area contributed by atoms with E-state index in [0.29, 0.717) is 37.1 Å². The largest absolute Gasteiger partial charge is 0.459 e. The van der Waals surface area contributed by atoms with Gasteiger partial charge in [0.1, 0.15) is 0 Å². The third-order valence-electron chi connectivity index (χ3n) is 3.46. The summed E-state index contributed by atoms with van der Waals surface area (Å²) in [5.41, 5.74) is 5.43. The lowest BCUT2D eigenvalue weighted by Crippen LogP contribution is -2.51. The van der Waals surface area contributed by atoms with Gasteiger partial charge in [0, 0.05) is 26.2 Å². The van der Waals surface area contributed by atoms with Crippen molar-refractivity contribution in [2.75, 3.05) is 37.7 Å². The standard InChI is InChI=1S/C13H16N6O3S/c14-12-15-13(17-16-12)23-8-10(20)18-3-5-19(6-4-18)11(21)9-2-1-7-22-9/h1-2,7H,3-6,8H2,(H3,14,15,16,17). The molecule has 0 aliphatic carbocycles. The van der Waals surface area contributed by atoms with Crippen LogP contribution in [0, 0.1) is 0 Å². The Morgan fingerprint density at radius 3 is 2.65 bits per heavy atom. The number of piperazine rings is 1. The van der Waals surface area contributed by atoms with Gasteiger partial charge in [-0.1, -0.05) is 11.8 Å². The van der Waals surface area contributed by atoms with Gasteiger partial charge in [-0.05, 0) is 12.1 Å². The second kappa shape index (κ2) is 6.73. The smallest absolute Gasteiger partial charge is 0.289 e. The molecule has 3 N–H and O–H groups in total. The molecule has 23 heavy (non-hydrogen) atoms. The molecule has 122 valence electrons. The van der Waals surface area contributed by atoms with Gasteiger partial charge in [0.25, 0.3) is 5.91 Å². The van der Waals surface area contributed by atoms with Crippen molar-refractivity contribution < 1.29 is 14.0 Å². The number of thioether (sulfide) groups is 1. The summed E-state index contributed by atoms with van der Waals surface area (Å²) in [7, 11) is 0. The van der Waals surface area contributed by atoms with E-state index in [4.69, 9.17) is 10.2 Å². The average molecular weight is 336 g/mol. The minimum Gasteiger partial charge on any atom is -0.459 e. The highest BCUT2D eigenvalue weighted by molar-refractivity contribution is 7.99. The van der Waals surface area contributed by atoms with Crippen molar-refractivity contribution in [2.24, 2.45) is 0 Å². The lowest BCUT2D eigenvalue weighted by molar-refractivity contribution is -0.129. The number of rotatable bonds is 4. The number of H-pyrrole nitrogens is 1. The normalized spacial score (nSPS) is 15.0. The quantitative estimate of drug-likeness (QED) is 0.757. The number of amides is 2. The summed E-state index contributed by atoms with van der Waals surface area (Å²) in [6.07, 6.45) is 1.47. The Bertz CT molecular complexity index is 678. The van der Waals surface area contributed by atoms with E-state index in [1.807, 2.05) is 0 Å². The number of nitrogen functional groups attached to an aromatic ring is 1. The van der Waals surface area contributed by atoms with E-state index in [-0.39, 0.29) is 23.5 Å². The van der Waals surface area contributed by atoms with Crippen molar-refractivity contribution in [3.05, 3.63) is 24.2 Å². The molecular formula is C13H16N6O3S. The van der Waals surface area contributed by atoms with Crippen LogP contribution in [0.2, 0.25) is 0 Å². The monoisotopic (exact) mass is 336 g/mol. The Kier molecular flexibility index (Phi) is 4.51. The van der Waals surface area contributed by atoms with Crippen LogP contribution in [0.5, 0.6) is 0 Å².